The summed E-state index contributed by atoms with van der Waals surface area (Å²) in [5, 5.41) is 4.95. The minimum atomic E-state index is 0.00125. The van der Waals surface area contributed by atoms with Gasteiger partial charge in [0.15, 0.2) is 0 Å². The number of fused-ring (bicyclic) bond motifs is 1. The molecule has 1 aromatic carbocycles. The molecule has 0 unspecified atom stereocenters. The fourth-order valence-electron chi connectivity index (χ4n) is 1.99. The maximum Gasteiger partial charge on any atom is 0.256 e. The van der Waals surface area contributed by atoms with Crippen molar-refractivity contribution < 1.29 is 4.79 Å². The third kappa shape index (κ3) is 2.38. The molecule has 0 bridgehead atoms. The van der Waals surface area contributed by atoms with Crippen LogP contribution in [0.1, 0.15) is 24.2 Å². The quantitative estimate of drug-likeness (QED) is 0.919. The number of carbonyl (C=O) groups is 1. The van der Waals surface area contributed by atoms with Gasteiger partial charge in [0, 0.05) is 31.7 Å². The van der Waals surface area contributed by atoms with E-state index < -0.39 is 0 Å². The minimum absolute atomic E-state index is 0.00125. The lowest BCUT2D eigenvalue weighted by atomic mass is 10.1. The fraction of sp³-hybridized carbons (Fsp3) is 0.333. The molecular formula is C15H19N3O. The van der Waals surface area contributed by atoms with Crippen LogP contribution in [0.2, 0.25) is 0 Å². The molecule has 4 nitrogen and oxygen atoms in total. The molecule has 1 heterocycles. The molecule has 0 spiro atoms. The van der Waals surface area contributed by atoms with E-state index >= 15 is 0 Å². The van der Waals surface area contributed by atoms with Crippen LogP contribution in [0.3, 0.4) is 0 Å². The number of nitrogens with zero attached hydrogens (tertiary/aromatic N) is 2. The summed E-state index contributed by atoms with van der Waals surface area (Å²) in [5.41, 5.74) is 0.644. The maximum atomic E-state index is 12.5. The largest absolute Gasteiger partial charge is 0.373 e. The van der Waals surface area contributed by atoms with E-state index in [1.165, 1.54) is 0 Å². The first-order valence-electron chi connectivity index (χ1n) is 6.39. The molecule has 0 saturated carbocycles. The van der Waals surface area contributed by atoms with E-state index in [0.29, 0.717) is 5.56 Å². The van der Waals surface area contributed by atoms with Gasteiger partial charge in [-0.25, -0.2) is 4.98 Å². The molecule has 0 radical (unpaired) electrons. The van der Waals surface area contributed by atoms with E-state index in [-0.39, 0.29) is 11.9 Å². The van der Waals surface area contributed by atoms with Crippen molar-refractivity contribution in [1.82, 2.24) is 9.88 Å². The van der Waals surface area contributed by atoms with Gasteiger partial charge in [-0.3, -0.25) is 4.79 Å². The molecule has 19 heavy (non-hydrogen) atoms. The summed E-state index contributed by atoms with van der Waals surface area (Å²) >= 11 is 0. The predicted molar refractivity (Wildman–Crippen MR) is 78.5 cm³/mol. The monoisotopic (exact) mass is 257 g/mol. The van der Waals surface area contributed by atoms with Gasteiger partial charge in [0.1, 0.15) is 5.82 Å². The Hall–Kier alpha value is -2.10. The van der Waals surface area contributed by atoms with Gasteiger partial charge in [-0.05, 0) is 19.2 Å². The third-order valence-electron chi connectivity index (χ3n) is 3.36. The van der Waals surface area contributed by atoms with Crippen molar-refractivity contribution in [3.63, 3.8) is 0 Å². The van der Waals surface area contributed by atoms with Gasteiger partial charge in [-0.2, -0.15) is 0 Å². The van der Waals surface area contributed by atoms with Gasteiger partial charge >= 0.3 is 0 Å². The normalized spacial score (nSPS) is 10.8. The lowest BCUT2D eigenvalue weighted by Gasteiger charge is -2.22. The number of benzene rings is 1. The van der Waals surface area contributed by atoms with Crippen molar-refractivity contribution in [2.75, 3.05) is 19.4 Å². The molecule has 1 N–H and O–H groups in total. The molecule has 0 aliphatic heterocycles. The standard InChI is InChI=1S/C15H19N3O/c1-10(2)18(4)15(19)13-9-17-14(16-3)12-8-6-5-7-11(12)13/h5-10H,1-4H3,(H,16,17). The number of carbonyl (C=O) groups excluding carboxylic acids is 1. The Kier molecular flexibility index (Phi) is 3.69. The Morgan fingerprint density at radius 1 is 1.26 bits per heavy atom. The van der Waals surface area contributed by atoms with Crippen LogP contribution in [0.15, 0.2) is 30.5 Å². The van der Waals surface area contributed by atoms with Gasteiger partial charge in [0.2, 0.25) is 0 Å². The average Bonchev–Trinajstić information content (AvgIpc) is 2.44. The second-order valence-corrected chi connectivity index (χ2v) is 4.83. The lowest BCUT2D eigenvalue weighted by Crippen LogP contribution is -2.33. The van der Waals surface area contributed by atoms with E-state index in [1.54, 1.807) is 11.1 Å². The first-order valence-corrected chi connectivity index (χ1v) is 6.39. The Balaban J connectivity index is 2.59. The molecule has 0 atom stereocenters. The van der Waals surface area contributed by atoms with Crippen molar-refractivity contribution in [3.8, 4) is 0 Å². The van der Waals surface area contributed by atoms with Crippen molar-refractivity contribution >= 4 is 22.5 Å². The highest BCUT2D eigenvalue weighted by molar-refractivity contribution is 6.09. The van der Waals surface area contributed by atoms with Crippen LogP contribution in [-0.2, 0) is 0 Å². The van der Waals surface area contributed by atoms with Gasteiger partial charge in [-0.1, -0.05) is 24.3 Å². The number of hydrogen-bond donors (Lipinski definition) is 1. The molecule has 4 heteroatoms. The molecule has 0 aliphatic rings. The second kappa shape index (κ2) is 5.26. The predicted octanol–water partition coefficient (Wildman–Crippen LogP) is 2.76. The summed E-state index contributed by atoms with van der Waals surface area (Å²) in [4.78, 5) is 18.5. The first kappa shape index (κ1) is 13.3. The van der Waals surface area contributed by atoms with E-state index in [4.69, 9.17) is 0 Å². The molecule has 2 aromatic rings. The van der Waals surface area contributed by atoms with Crippen LogP contribution in [0.5, 0.6) is 0 Å². The van der Waals surface area contributed by atoms with Crippen molar-refractivity contribution in [1.29, 1.82) is 0 Å². The fourth-order valence-corrected chi connectivity index (χ4v) is 1.99. The van der Waals surface area contributed by atoms with E-state index in [9.17, 15) is 4.79 Å². The summed E-state index contributed by atoms with van der Waals surface area (Å²) in [7, 11) is 3.64. The Morgan fingerprint density at radius 2 is 1.89 bits per heavy atom. The molecule has 0 saturated heterocycles. The molecule has 2 rings (SSSR count). The number of aromatic nitrogens is 1. The van der Waals surface area contributed by atoms with Crippen molar-refractivity contribution in [2.45, 2.75) is 19.9 Å². The highest BCUT2D eigenvalue weighted by atomic mass is 16.2. The van der Waals surface area contributed by atoms with Gasteiger partial charge in [-0.15, -0.1) is 0 Å². The van der Waals surface area contributed by atoms with Gasteiger partial charge in [0.25, 0.3) is 5.91 Å². The van der Waals surface area contributed by atoms with Crippen LogP contribution in [0.25, 0.3) is 10.8 Å². The number of hydrogen-bond acceptors (Lipinski definition) is 3. The zero-order valence-electron chi connectivity index (χ0n) is 11.8. The van der Waals surface area contributed by atoms with Crippen LogP contribution < -0.4 is 5.32 Å². The first-order chi connectivity index (χ1) is 9.06. The Bertz CT molecular complexity index is 607. The summed E-state index contributed by atoms with van der Waals surface area (Å²) in [5.74, 6) is 0.792. The summed E-state index contributed by atoms with van der Waals surface area (Å²) in [6.07, 6.45) is 1.65. The van der Waals surface area contributed by atoms with Gasteiger partial charge in [0.05, 0.1) is 5.56 Å². The van der Waals surface area contributed by atoms with Crippen LogP contribution in [0, 0.1) is 0 Å². The zero-order chi connectivity index (χ0) is 14.0. The molecule has 0 fully saturated rings. The number of amides is 1. The van der Waals surface area contributed by atoms with E-state index in [2.05, 4.69) is 10.3 Å². The highest BCUT2D eigenvalue weighted by Crippen LogP contribution is 2.25. The lowest BCUT2D eigenvalue weighted by molar-refractivity contribution is 0.0756. The molecule has 1 amide bonds. The van der Waals surface area contributed by atoms with Crippen molar-refractivity contribution in [2.24, 2.45) is 0 Å². The highest BCUT2D eigenvalue weighted by Gasteiger charge is 2.18. The van der Waals surface area contributed by atoms with E-state index in [1.807, 2.05) is 52.2 Å². The van der Waals surface area contributed by atoms with Gasteiger partial charge < -0.3 is 10.2 Å². The number of pyridine rings is 1. The Morgan fingerprint density at radius 3 is 2.47 bits per heavy atom. The summed E-state index contributed by atoms with van der Waals surface area (Å²) in [6.45, 7) is 3.99. The average molecular weight is 257 g/mol. The topological polar surface area (TPSA) is 45.2 Å². The molecular weight excluding hydrogens is 238 g/mol. The van der Waals surface area contributed by atoms with Crippen LogP contribution in [-0.4, -0.2) is 35.9 Å². The molecule has 100 valence electrons. The zero-order valence-corrected chi connectivity index (χ0v) is 11.8. The number of anilines is 1. The van der Waals surface area contributed by atoms with E-state index in [0.717, 1.165) is 16.6 Å². The smallest absolute Gasteiger partial charge is 0.256 e. The number of nitrogens with one attached hydrogen (secondary N) is 1. The molecule has 1 aromatic heterocycles. The summed E-state index contributed by atoms with van der Waals surface area (Å²) in [6, 6.07) is 7.98. The maximum absolute atomic E-state index is 12.5. The number of rotatable bonds is 3. The van der Waals surface area contributed by atoms with Crippen LogP contribution >= 0.6 is 0 Å². The third-order valence-corrected chi connectivity index (χ3v) is 3.36. The minimum Gasteiger partial charge on any atom is -0.373 e. The Labute approximate surface area is 113 Å². The second-order valence-electron chi connectivity index (χ2n) is 4.83. The summed E-state index contributed by atoms with van der Waals surface area (Å²) < 4.78 is 0. The molecule has 0 aliphatic carbocycles. The van der Waals surface area contributed by atoms with Crippen molar-refractivity contribution in [3.05, 3.63) is 36.0 Å². The van der Waals surface area contributed by atoms with Crippen LogP contribution in [0.4, 0.5) is 5.82 Å². The SMILES string of the molecule is CNc1ncc(C(=O)N(C)C(C)C)c2ccccc12.